The molecule has 9 heteroatoms. The average molecular weight is 453 g/mol. The molecule has 0 bridgehead atoms. The molecule has 1 heterocycles. The van der Waals surface area contributed by atoms with Crippen LogP contribution in [-0.4, -0.2) is 49.5 Å². The van der Waals surface area contributed by atoms with Gasteiger partial charge in [0.2, 0.25) is 12.2 Å². The van der Waals surface area contributed by atoms with E-state index in [2.05, 4.69) is 9.97 Å². The number of carbonyl (C=O) groups is 2. The summed E-state index contributed by atoms with van der Waals surface area (Å²) in [5, 5.41) is 0.820. The summed E-state index contributed by atoms with van der Waals surface area (Å²) in [5.41, 5.74) is 1.54. The molecular formula is C24H28N4O5. The van der Waals surface area contributed by atoms with Crippen molar-refractivity contribution in [2.75, 3.05) is 31.0 Å². The van der Waals surface area contributed by atoms with Crippen molar-refractivity contribution in [3.63, 3.8) is 0 Å². The first kappa shape index (κ1) is 23.8. The van der Waals surface area contributed by atoms with Gasteiger partial charge in [-0.05, 0) is 36.4 Å². The van der Waals surface area contributed by atoms with E-state index in [-0.39, 0.29) is 11.9 Å². The molecule has 0 N–H and O–H groups in total. The molecule has 174 valence electrons. The molecular weight excluding hydrogens is 424 g/mol. The van der Waals surface area contributed by atoms with Crippen molar-refractivity contribution >= 4 is 40.4 Å². The van der Waals surface area contributed by atoms with Crippen LogP contribution < -0.4 is 14.5 Å². The lowest BCUT2D eigenvalue weighted by atomic mass is 10.2. The fourth-order valence-corrected chi connectivity index (χ4v) is 3.01. The SMILES string of the molecule is COc1ccc(N(C)c2nc(N(C)C(=O)OC(C)OC(=O)C(C)C)nc3ccccc23)cc1. The average Bonchev–Trinajstić information content (AvgIpc) is 2.82. The highest BCUT2D eigenvalue weighted by molar-refractivity contribution is 5.94. The van der Waals surface area contributed by atoms with Crippen LogP contribution in [0.2, 0.25) is 0 Å². The number of nitrogens with zero attached hydrogens (tertiary/aromatic N) is 4. The fraction of sp³-hybridized carbons (Fsp3) is 0.333. The minimum Gasteiger partial charge on any atom is -0.497 e. The number of carbonyl (C=O) groups excluding carboxylic acids is 2. The molecule has 3 aromatic rings. The number of aromatic nitrogens is 2. The standard InChI is InChI=1S/C24H28N4O5/c1-15(2)22(29)32-16(3)33-24(30)28(5)23-25-20-10-8-7-9-19(20)21(26-23)27(4)17-11-13-18(31-6)14-12-17/h7-16H,1-6H3. The van der Waals surface area contributed by atoms with Gasteiger partial charge in [-0.15, -0.1) is 0 Å². The smallest absolute Gasteiger partial charge is 0.419 e. The Hall–Kier alpha value is -3.88. The molecule has 0 radical (unpaired) electrons. The first-order valence-corrected chi connectivity index (χ1v) is 10.5. The number of anilines is 3. The predicted molar refractivity (Wildman–Crippen MR) is 126 cm³/mol. The molecule has 0 saturated heterocycles. The van der Waals surface area contributed by atoms with Gasteiger partial charge in [-0.1, -0.05) is 26.0 Å². The van der Waals surface area contributed by atoms with Gasteiger partial charge in [0.15, 0.2) is 0 Å². The summed E-state index contributed by atoms with van der Waals surface area (Å²) >= 11 is 0. The Morgan fingerprint density at radius 1 is 0.909 bits per heavy atom. The van der Waals surface area contributed by atoms with Crippen molar-refractivity contribution in [3.05, 3.63) is 48.5 Å². The molecule has 0 saturated carbocycles. The zero-order chi connectivity index (χ0) is 24.1. The van der Waals surface area contributed by atoms with Crippen molar-refractivity contribution in [2.45, 2.75) is 27.1 Å². The van der Waals surface area contributed by atoms with E-state index in [9.17, 15) is 9.59 Å². The zero-order valence-corrected chi connectivity index (χ0v) is 19.6. The second kappa shape index (κ2) is 10.2. The molecule has 0 aliphatic carbocycles. The third-order valence-electron chi connectivity index (χ3n) is 4.94. The Morgan fingerprint density at radius 3 is 2.21 bits per heavy atom. The minimum absolute atomic E-state index is 0.149. The van der Waals surface area contributed by atoms with Crippen molar-refractivity contribution in [3.8, 4) is 5.75 Å². The maximum absolute atomic E-state index is 12.7. The Morgan fingerprint density at radius 2 is 1.58 bits per heavy atom. The van der Waals surface area contributed by atoms with Gasteiger partial charge in [-0.2, -0.15) is 4.98 Å². The van der Waals surface area contributed by atoms with Crippen molar-refractivity contribution in [1.82, 2.24) is 9.97 Å². The Labute approximate surface area is 192 Å². The number of methoxy groups -OCH3 is 1. The highest BCUT2D eigenvalue weighted by atomic mass is 16.7. The van der Waals surface area contributed by atoms with Crippen molar-refractivity contribution < 1.29 is 23.8 Å². The van der Waals surface area contributed by atoms with Crippen LogP contribution >= 0.6 is 0 Å². The van der Waals surface area contributed by atoms with E-state index in [1.807, 2.05) is 60.5 Å². The van der Waals surface area contributed by atoms with Crippen molar-refractivity contribution in [1.29, 1.82) is 0 Å². The third kappa shape index (κ3) is 5.49. The van der Waals surface area contributed by atoms with Gasteiger partial charge in [-0.25, -0.2) is 14.7 Å². The van der Waals surface area contributed by atoms with Crippen LogP contribution in [0.15, 0.2) is 48.5 Å². The maximum atomic E-state index is 12.7. The summed E-state index contributed by atoms with van der Waals surface area (Å²) < 4.78 is 15.6. The molecule has 1 unspecified atom stereocenters. The number of hydrogen-bond donors (Lipinski definition) is 0. The lowest BCUT2D eigenvalue weighted by Gasteiger charge is -2.23. The normalized spacial score (nSPS) is 11.7. The predicted octanol–water partition coefficient (Wildman–Crippen LogP) is 4.52. The third-order valence-corrected chi connectivity index (χ3v) is 4.94. The minimum atomic E-state index is -1.04. The molecule has 1 atom stereocenters. The van der Waals surface area contributed by atoms with Crippen LogP contribution in [0.5, 0.6) is 5.75 Å². The molecule has 0 spiro atoms. The van der Waals surface area contributed by atoms with Crippen molar-refractivity contribution in [2.24, 2.45) is 5.92 Å². The second-order valence-corrected chi connectivity index (χ2v) is 7.72. The number of para-hydroxylation sites is 1. The van der Waals surface area contributed by atoms with Crippen LogP contribution in [0.25, 0.3) is 10.9 Å². The highest BCUT2D eigenvalue weighted by Crippen LogP contribution is 2.31. The molecule has 0 fully saturated rings. The monoisotopic (exact) mass is 452 g/mol. The molecule has 1 amide bonds. The molecule has 0 aliphatic heterocycles. The van der Waals surface area contributed by atoms with E-state index < -0.39 is 18.4 Å². The zero-order valence-electron chi connectivity index (χ0n) is 19.6. The largest absolute Gasteiger partial charge is 0.497 e. The van der Waals surface area contributed by atoms with Crippen LogP contribution in [0.1, 0.15) is 20.8 Å². The van der Waals surface area contributed by atoms with Gasteiger partial charge < -0.3 is 19.1 Å². The topological polar surface area (TPSA) is 94.1 Å². The molecule has 3 rings (SSSR count). The number of benzene rings is 2. The number of hydrogen-bond acceptors (Lipinski definition) is 8. The fourth-order valence-electron chi connectivity index (χ4n) is 3.01. The van der Waals surface area contributed by atoms with Gasteiger partial charge in [0.25, 0.3) is 0 Å². The Bertz CT molecular complexity index is 1130. The highest BCUT2D eigenvalue weighted by Gasteiger charge is 2.23. The van der Waals surface area contributed by atoms with E-state index in [0.29, 0.717) is 11.3 Å². The quantitative estimate of drug-likeness (QED) is 0.381. The molecule has 2 aromatic carbocycles. The molecule has 0 aliphatic rings. The first-order valence-electron chi connectivity index (χ1n) is 10.5. The molecule has 9 nitrogen and oxygen atoms in total. The van der Waals surface area contributed by atoms with E-state index in [1.54, 1.807) is 21.0 Å². The van der Waals surface area contributed by atoms with E-state index in [0.717, 1.165) is 16.8 Å². The van der Waals surface area contributed by atoms with Crippen LogP contribution in [-0.2, 0) is 14.3 Å². The number of esters is 1. The Balaban J connectivity index is 1.90. The molecule has 1 aromatic heterocycles. The van der Waals surface area contributed by atoms with E-state index >= 15 is 0 Å². The van der Waals surface area contributed by atoms with E-state index in [4.69, 9.17) is 14.2 Å². The van der Waals surface area contributed by atoms with Gasteiger partial charge in [0.05, 0.1) is 18.5 Å². The summed E-state index contributed by atoms with van der Waals surface area (Å²) in [7, 11) is 5.00. The van der Waals surface area contributed by atoms with Gasteiger partial charge in [-0.3, -0.25) is 4.79 Å². The summed E-state index contributed by atoms with van der Waals surface area (Å²) in [6.07, 6.45) is -1.79. The second-order valence-electron chi connectivity index (χ2n) is 7.72. The first-order chi connectivity index (χ1) is 15.7. The summed E-state index contributed by atoms with van der Waals surface area (Å²) in [5.74, 6) is 0.721. The summed E-state index contributed by atoms with van der Waals surface area (Å²) in [6.45, 7) is 4.88. The molecule has 33 heavy (non-hydrogen) atoms. The number of rotatable bonds is 7. The van der Waals surface area contributed by atoms with Crippen LogP contribution in [0.3, 0.4) is 0 Å². The van der Waals surface area contributed by atoms with Crippen LogP contribution in [0, 0.1) is 5.92 Å². The number of fused-ring (bicyclic) bond motifs is 1. The Kier molecular flexibility index (Phi) is 7.32. The number of amides is 1. The summed E-state index contributed by atoms with van der Waals surface area (Å²) in [4.78, 5) is 36.7. The van der Waals surface area contributed by atoms with Gasteiger partial charge in [0, 0.05) is 32.1 Å². The van der Waals surface area contributed by atoms with Gasteiger partial charge >= 0.3 is 12.1 Å². The lowest BCUT2D eigenvalue weighted by Crippen LogP contribution is -2.34. The lowest BCUT2D eigenvalue weighted by molar-refractivity contribution is -0.168. The maximum Gasteiger partial charge on any atom is 0.419 e. The summed E-state index contributed by atoms with van der Waals surface area (Å²) in [6, 6.07) is 15.1. The van der Waals surface area contributed by atoms with Crippen LogP contribution in [0.4, 0.5) is 22.2 Å². The van der Waals surface area contributed by atoms with Gasteiger partial charge in [0.1, 0.15) is 11.6 Å². The van der Waals surface area contributed by atoms with E-state index in [1.165, 1.54) is 18.9 Å². The number of ether oxygens (including phenoxy) is 3.